The first-order valence-corrected chi connectivity index (χ1v) is 10.9. The monoisotopic (exact) mass is 448 g/mol. The molecule has 3 aromatic rings. The van der Waals surface area contributed by atoms with Crippen molar-refractivity contribution < 1.29 is 18.7 Å². The van der Waals surface area contributed by atoms with Crippen LogP contribution >= 0.6 is 11.8 Å². The number of anilines is 1. The molecule has 1 heterocycles. The fourth-order valence-corrected chi connectivity index (χ4v) is 4.16. The molecule has 162 valence electrons. The van der Waals surface area contributed by atoms with Crippen molar-refractivity contribution in [2.24, 2.45) is 4.99 Å². The number of nitrogens with zero attached hydrogens (tertiary/aromatic N) is 2. The van der Waals surface area contributed by atoms with Gasteiger partial charge in [-0.05, 0) is 53.6 Å². The van der Waals surface area contributed by atoms with E-state index in [0.29, 0.717) is 28.1 Å². The fourth-order valence-electron chi connectivity index (χ4n) is 3.20. The third-order valence-corrected chi connectivity index (χ3v) is 5.83. The maximum atomic E-state index is 13.6. The highest BCUT2D eigenvalue weighted by molar-refractivity contribution is 8.13. The highest BCUT2D eigenvalue weighted by Crippen LogP contribution is 2.32. The number of hydrogen-bond acceptors (Lipinski definition) is 5. The number of thioether (sulfide) groups is 1. The second-order valence-electron chi connectivity index (χ2n) is 6.96. The van der Waals surface area contributed by atoms with Gasteiger partial charge in [-0.2, -0.15) is 0 Å². The number of methoxy groups -OCH3 is 2. The molecule has 0 bridgehead atoms. The number of carbonyl (C=O) groups excluding carboxylic acids is 1. The van der Waals surface area contributed by atoms with E-state index in [4.69, 9.17) is 9.47 Å². The van der Waals surface area contributed by atoms with Crippen LogP contribution in [0.15, 0.2) is 83.5 Å². The predicted octanol–water partition coefficient (Wildman–Crippen LogP) is 5.52. The van der Waals surface area contributed by atoms with Crippen molar-refractivity contribution >= 4 is 34.6 Å². The van der Waals surface area contributed by atoms with Gasteiger partial charge < -0.3 is 9.47 Å². The molecule has 0 unspecified atom stereocenters. The summed E-state index contributed by atoms with van der Waals surface area (Å²) < 4.78 is 24.1. The SMILES string of the molecule is COc1ccc(/C=C2\N=C(SCc3cccc(F)c3)N(c3cccc(OC)c3)C2=O)cc1. The first kappa shape index (κ1) is 21.6. The van der Waals surface area contributed by atoms with Gasteiger partial charge in [0.2, 0.25) is 0 Å². The minimum absolute atomic E-state index is 0.240. The van der Waals surface area contributed by atoms with E-state index in [9.17, 15) is 9.18 Å². The normalized spacial score (nSPS) is 14.6. The number of rotatable bonds is 6. The Morgan fingerprint density at radius 2 is 1.72 bits per heavy atom. The maximum Gasteiger partial charge on any atom is 0.283 e. The average molecular weight is 449 g/mol. The van der Waals surface area contributed by atoms with E-state index < -0.39 is 0 Å². The molecule has 3 aromatic carbocycles. The Balaban J connectivity index is 1.67. The third-order valence-electron chi connectivity index (χ3n) is 4.82. The van der Waals surface area contributed by atoms with Gasteiger partial charge in [-0.1, -0.05) is 42.1 Å². The van der Waals surface area contributed by atoms with E-state index >= 15 is 0 Å². The molecule has 5 nitrogen and oxygen atoms in total. The van der Waals surface area contributed by atoms with Gasteiger partial charge in [0.25, 0.3) is 5.91 Å². The minimum atomic E-state index is -0.294. The second-order valence-corrected chi connectivity index (χ2v) is 7.90. The van der Waals surface area contributed by atoms with Crippen molar-refractivity contribution in [3.8, 4) is 11.5 Å². The zero-order chi connectivity index (χ0) is 22.5. The summed E-state index contributed by atoms with van der Waals surface area (Å²) in [6, 6.07) is 21.0. The van der Waals surface area contributed by atoms with E-state index in [1.54, 1.807) is 37.3 Å². The van der Waals surface area contributed by atoms with Crippen LogP contribution in [0, 0.1) is 5.82 Å². The summed E-state index contributed by atoms with van der Waals surface area (Å²) >= 11 is 1.37. The van der Waals surface area contributed by atoms with Crippen LogP contribution in [0.25, 0.3) is 6.08 Å². The van der Waals surface area contributed by atoms with E-state index in [-0.39, 0.29) is 11.7 Å². The largest absolute Gasteiger partial charge is 0.497 e. The van der Waals surface area contributed by atoms with Crippen molar-refractivity contribution in [3.63, 3.8) is 0 Å². The van der Waals surface area contributed by atoms with Crippen molar-refractivity contribution in [1.29, 1.82) is 0 Å². The highest BCUT2D eigenvalue weighted by Gasteiger charge is 2.32. The van der Waals surface area contributed by atoms with Crippen LogP contribution in [0.4, 0.5) is 10.1 Å². The maximum absolute atomic E-state index is 13.6. The Hall–Kier alpha value is -3.58. The standard InChI is InChI=1S/C25H21FN2O3S/c1-30-21-11-9-17(10-12-21)14-23-24(29)28(20-7-4-8-22(15-20)31-2)25(27-23)32-16-18-5-3-6-19(26)13-18/h3-15H,16H2,1-2H3/b23-14-. The third kappa shape index (κ3) is 4.84. The first-order chi connectivity index (χ1) is 15.6. The van der Waals surface area contributed by atoms with Crippen LogP contribution in [0.2, 0.25) is 0 Å². The summed E-state index contributed by atoms with van der Waals surface area (Å²) in [5, 5.41) is 0.521. The summed E-state index contributed by atoms with van der Waals surface area (Å²) in [5.74, 6) is 1.31. The number of amidine groups is 1. The van der Waals surface area contributed by atoms with E-state index in [1.165, 1.54) is 23.9 Å². The predicted molar refractivity (Wildman–Crippen MR) is 127 cm³/mol. The number of benzene rings is 3. The molecule has 1 aliphatic heterocycles. The molecule has 4 rings (SSSR count). The molecule has 0 radical (unpaired) electrons. The molecule has 0 atom stereocenters. The molecule has 1 amide bonds. The van der Waals surface area contributed by atoms with E-state index in [2.05, 4.69) is 4.99 Å². The summed E-state index contributed by atoms with van der Waals surface area (Å²) in [4.78, 5) is 19.5. The van der Waals surface area contributed by atoms with Gasteiger partial charge in [0.05, 0.1) is 19.9 Å². The van der Waals surface area contributed by atoms with Gasteiger partial charge in [0.15, 0.2) is 5.17 Å². The lowest BCUT2D eigenvalue weighted by Gasteiger charge is -2.18. The second kappa shape index (κ2) is 9.70. The fraction of sp³-hybridized carbons (Fsp3) is 0.120. The van der Waals surface area contributed by atoms with Gasteiger partial charge in [0.1, 0.15) is 23.0 Å². The van der Waals surface area contributed by atoms with E-state index in [0.717, 1.165) is 16.9 Å². The smallest absolute Gasteiger partial charge is 0.283 e. The van der Waals surface area contributed by atoms with Crippen LogP contribution in [-0.2, 0) is 10.5 Å². The number of ether oxygens (including phenoxy) is 2. The van der Waals surface area contributed by atoms with Gasteiger partial charge in [-0.15, -0.1) is 0 Å². The number of amides is 1. The van der Waals surface area contributed by atoms with Crippen LogP contribution in [-0.4, -0.2) is 25.3 Å². The molecular weight excluding hydrogens is 427 g/mol. The number of hydrogen-bond donors (Lipinski definition) is 0. The Morgan fingerprint density at radius 1 is 0.969 bits per heavy atom. The molecular formula is C25H21FN2O3S. The van der Waals surface area contributed by atoms with Crippen molar-refractivity contribution in [2.45, 2.75) is 5.75 Å². The molecule has 7 heteroatoms. The molecule has 0 spiro atoms. The number of carbonyl (C=O) groups is 1. The van der Waals surface area contributed by atoms with Gasteiger partial charge >= 0.3 is 0 Å². The lowest BCUT2D eigenvalue weighted by molar-refractivity contribution is -0.113. The quantitative estimate of drug-likeness (QED) is 0.466. The Bertz CT molecular complexity index is 1190. The van der Waals surface area contributed by atoms with Crippen LogP contribution in [0.5, 0.6) is 11.5 Å². The topological polar surface area (TPSA) is 51.1 Å². The molecule has 0 fully saturated rings. The van der Waals surface area contributed by atoms with Crippen molar-refractivity contribution in [3.05, 3.63) is 95.4 Å². The molecule has 0 aliphatic carbocycles. The van der Waals surface area contributed by atoms with Crippen molar-refractivity contribution in [2.75, 3.05) is 19.1 Å². The lowest BCUT2D eigenvalue weighted by Crippen LogP contribution is -2.30. The zero-order valence-corrected chi connectivity index (χ0v) is 18.4. The van der Waals surface area contributed by atoms with Crippen LogP contribution in [0.1, 0.15) is 11.1 Å². The lowest BCUT2D eigenvalue weighted by atomic mass is 10.2. The molecule has 0 N–H and O–H groups in total. The van der Waals surface area contributed by atoms with Crippen molar-refractivity contribution in [1.82, 2.24) is 0 Å². The number of halogens is 1. The summed E-state index contributed by atoms with van der Waals surface area (Å²) in [5.41, 5.74) is 2.61. The highest BCUT2D eigenvalue weighted by atomic mass is 32.2. The van der Waals surface area contributed by atoms with Gasteiger partial charge in [-0.3, -0.25) is 9.69 Å². The van der Waals surface area contributed by atoms with E-state index in [1.807, 2.05) is 48.5 Å². The molecule has 0 saturated carbocycles. The zero-order valence-electron chi connectivity index (χ0n) is 17.6. The van der Waals surface area contributed by atoms with Gasteiger partial charge in [-0.25, -0.2) is 9.38 Å². The van der Waals surface area contributed by atoms with Crippen LogP contribution < -0.4 is 14.4 Å². The Morgan fingerprint density at radius 3 is 2.44 bits per heavy atom. The Labute approximate surface area is 190 Å². The molecule has 32 heavy (non-hydrogen) atoms. The Kier molecular flexibility index (Phi) is 6.56. The summed E-state index contributed by atoms with van der Waals surface area (Å²) in [7, 11) is 3.18. The first-order valence-electron chi connectivity index (χ1n) is 9.87. The minimum Gasteiger partial charge on any atom is -0.497 e. The number of aliphatic imine (C=N–C) groups is 1. The summed E-state index contributed by atoms with van der Waals surface area (Å²) in [6.07, 6.45) is 1.74. The summed E-state index contributed by atoms with van der Waals surface area (Å²) in [6.45, 7) is 0. The molecule has 0 aromatic heterocycles. The average Bonchev–Trinajstić information content (AvgIpc) is 3.13. The molecule has 1 aliphatic rings. The van der Waals surface area contributed by atoms with Crippen LogP contribution in [0.3, 0.4) is 0 Å². The van der Waals surface area contributed by atoms with Gasteiger partial charge in [0, 0.05) is 11.8 Å². The molecule has 0 saturated heterocycles.